The molecule has 0 saturated heterocycles. The molecular weight excluding hydrogens is 240 g/mol. The van der Waals surface area contributed by atoms with Gasteiger partial charge in [-0.15, -0.1) is 11.3 Å². The smallest absolute Gasteiger partial charge is 0.123 e. The van der Waals surface area contributed by atoms with E-state index in [0.29, 0.717) is 0 Å². The number of aromatic nitrogens is 1. The highest BCUT2D eigenvalue weighted by atomic mass is 35.5. The highest BCUT2D eigenvalue weighted by Gasteiger charge is 2.05. The lowest BCUT2D eigenvalue weighted by Gasteiger charge is -2.00. The summed E-state index contributed by atoms with van der Waals surface area (Å²) in [6, 6.07) is 6.05. The maximum absolute atomic E-state index is 6.10. The van der Waals surface area contributed by atoms with Crippen LogP contribution in [0, 0.1) is 6.92 Å². The second-order valence-electron chi connectivity index (χ2n) is 3.63. The van der Waals surface area contributed by atoms with E-state index in [1.165, 1.54) is 4.88 Å². The Morgan fingerprint density at radius 2 is 2.25 bits per heavy atom. The zero-order valence-electron chi connectivity index (χ0n) is 9.25. The van der Waals surface area contributed by atoms with Gasteiger partial charge in [-0.25, -0.2) is 4.98 Å². The van der Waals surface area contributed by atoms with Crippen molar-refractivity contribution in [3.63, 3.8) is 0 Å². The molecule has 16 heavy (non-hydrogen) atoms. The lowest BCUT2D eigenvalue weighted by molar-refractivity contribution is 0.829. The van der Waals surface area contributed by atoms with Gasteiger partial charge in [0.25, 0.3) is 0 Å². The van der Waals surface area contributed by atoms with Gasteiger partial charge >= 0.3 is 0 Å². The Morgan fingerprint density at radius 1 is 1.44 bits per heavy atom. The maximum Gasteiger partial charge on any atom is 0.123 e. The maximum atomic E-state index is 6.10. The summed E-state index contributed by atoms with van der Waals surface area (Å²) in [6.45, 7) is 2.86. The SMILES string of the molecule is CNCc1cnc(-c2ccc(C)c(Cl)c2)s1. The van der Waals surface area contributed by atoms with Gasteiger partial charge in [0.1, 0.15) is 5.01 Å². The van der Waals surface area contributed by atoms with Crippen molar-refractivity contribution in [1.82, 2.24) is 10.3 Å². The quantitative estimate of drug-likeness (QED) is 0.905. The first kappa shape index (κ1) is 11.6. The molecule has 0 aliphatic carbocycles. The Hall–Kier alpha value is -0.900. The van der Waals surface area contributed by atoms with Crippen molar-refractivity contribution in [2.45, 2.75) is 13.5 Å². The number of hydrogen-bond donors (Lipinski definition) is 1. The molecule has 0 amide bonds. The first-order chi connectivity index (χ1) is 7.70. The number of rotatable bonds is 3. The Bertz CT molecular complexity index is 494. The molecule has 1 heterocycles. The standard InChI is InChI=1S/C12H13ClN2S/c1-8-3-4-9(5-11(8)13)12-15-7-10(16-12)6-14-2/h3-5,7,14H,6H2,1-2H3. The molecule has 2 rings (SSSR count). The third-order valence-corrected chi connectivity index (χ3v) is 3.78. The van der Waals surface area contributed by atoms with E-state index in [9.17, 15) is 0 Å². The lowest BCUT2D eigenvalue weighted by atomic mass is 10.1. The van der Waals surface area contributed by atoms with Crippen LogP contribution in [0.5, 0.6) is 0 Å². The predicted molar refractivity (Wildman–Crippen MR) is 70.1 cm³/mol. The summed E-state index contributed by atoms with van der Waals surface area (Å²) in [6.07, 6.45) is 1.91. The van der Waals surface area contributed by atoms with Gasteiger partial charge in [-0.3, -0.25) is 0 Å². The Morgan fingerprint density at radius 3 is 2.94 bits per heavy atom. The van der Waals surface area contributed by atoms with E-state index in [4.69, 9.17) is 11.6 Å². The summed E-state index contributed by atoms with van der Waals surface area (Å²) in [5.41, 5.74) is 2.18. The predicted octanol–water partition coefficient (Wildman–Crippen LogP) is 3.49. The van der Waals surface area contributed by atoms with Gasteiger partial charge in [-0.2, -0.15) is 0 Å². The van der Waals surface area contributed by atoms with Crippen LogP contribution in [0.4, 0.5) is 0 Å². The molecule has 0 radical (unpaired) electrons. The molecule has 0 saturated carbocycles. The summed E-state index contributed by atoms with van der Waals surface area (Å²) in [5, 5.41) is 4.93. The first-order valence-corrected chi connectivity index (χ1v) is 6.26. The fourth-order valence-electron chi connectivity index (χ4n) is 1.42. The molecule has 1 aromatic carbocycles. The summed E-state index contributed by atoms with van der Waals surface area (Å²) >= 11 is 7.79. The van der Waals surface area contributed by atoms with Crippen LogP contribution in [0.1, 0.15) is 10.4 Å². The van der Waals surface area contributed by atoms with Crippen molar-refractivity contribution in [2.24, 2.45) is 0 Å². The van der Waals surface area contributed by atoms with Crippen LogP contribution in [0.15, 0.2) is 24.4 Å². The average molecular weight is 253 g/mol. The molecule has 4 heteroatoms. The van der Waals surface area contributed by atoms with Gasteiger partial charge in [-0.1, -0.05) is 23.7 Å². The first-order valence-electron chi connectivity index (χ1n) is 5.06. The second-order valence-corrected chi connectivity index (χ2v) is 5.15. The van der Waals surface area contributed by atoms with Crippen LogP contribution in [0.3, 0.4) is 0 Å². The molecule has 1 N–H and O–H groups in total. The van der Waals surface area contributed by atoms with Crippen LogP contribution in [0.25, 0.3) is 10.6 Å². The minimum absolute atomic E-state index is 0.794. The molecule has 84 valence electrons. The fraction of sp³-hybridized carbons (Fsp3) is 0.250. The molecule has 0 atom stereocenters. The average Bonchev–Trinajstić information content (AvgIpc) is 2.71. The van der Waals surface area contributed by atoms with E-state index >= 15 is 0 Å². The Labute approximate surface area is 104 Å². The summed E-state index contributed by atoms with van der Waals surface area (Å²) < 4.78 is 0. The minimum Gasteiger partial charge on any atom is -0.315 e. The fourth-order valence-corrected chi connectivity index (χ4v) is 2.52. The molecule has 1 aromatic heterocycles. The number of hydrogen-bond acceptors (Lipinski definition) is 3. The topological polar surface area (TPSA) is 24.9 Å². The largest absolute Gasteiger partial charge is 0.315 e. The zero-order valence-corrected chi connectivity index (χ0v) is 10.8. The molecule has 0 unspecified atom stereocenters. The number of halogens is 1. The summed E-state index contributed by atoms with van der Waals surface area (Å²) in [4.78, 5) is 5.63. The van der Waals surface area contributed by atoms with E-state index in [1.807, 2.05) is 32.3 Å². The lowest BCUT2D eigenvalue weighted by Crippen LogP contribution is -2.02. The van der Waals surface area contributed by atoms with E-state index in [-0.39, 0.29) is 0 Å². The van der Waals surface area contributed by atoms with Crippen molar-refractivity contribution < 1.29 is 0 Å². The van der Waals surface area contributed by atoms with Crippen molar-refractivity contribution in [3.05, 3.63) is 39.9 Å². The summed E-state index contributed by atoms with van der Waals surface area (Å²) in [7, 11) is 1.93. The Kier molecular flexibility index (Phi) is 3.59. The Balaban J connectivity index is 2.31. The molecule has 2 aromatic rings. The van der Waals surface area contributed by atoms with Gasteiger partial charge in [0.2, 0.25) is 0 Å². The number of aryl methyl sites for hydroxylation is 1. The van der Waals surface area contributed by atoms with E-state index in [1.54, 1.807) is 11.3 Å². The van der Waals surface area contributed by atoms with Crippen LogP contribution < -0.4 is 5.32 Å². The zero-order chi connectivity index (χ0) is 11.5. The molecule has 2 nitrogen and oxygen atoms in total. The van der Waals surface area contributed by atoms with Gasteiger partial charge in [-0.05, 0) is 25.6 Å². The molecule has 0 fully saturated rings. The molecule has 0 bridgehead atoms. The number of thiazole rings is 1. The van der Waals surface area contributed by atoms with Crippen LogP contribution in [-0.2, 0) is 6.54 Å². The van der Waals surface area contributed by atoms with E-state index in [2.05, 4.69) is 16.4 Å². The van der Waals surface area contributed by atoms with Crippen molar-refractivity contribution in [1.29, 1.82) is 0 Å². The van der Waals surface area contributed by atoms with Crippen molar-refractivity contribution in [2.75, 3.05) is 7.05 Å². The third kappa shape index (κ3) is 2.43. The van der Waals surface area contributed by atoms with Gasteiger partial charge in [0.05, 0.1) is 0 Å². The van der Waals surface area contributed by atoms with Crippen LogP contribution in [0.2, 0.25) is 5.02 Å². The molecular formula is C12H13ClN2S. The number of nitrogens with one attached hydrogen (secondary N) is 1. The number of nitrogens with zero attached hydrogens (tertiary/aromatic N) is 1. The van der Waals surface area contributed by atoms with E-state index in [0.717, 1.165) is 27.7 Å². The second kappa shape index (κ2) is 4.95. The van der Waals surface area contributed by atoms with E-state index < -0.39 is 0 Å². The van der Waals surface area contributed by atoms with Crippen LogP contribution >= 0.6 is 22.9 Å². The normalized spacial score (nSPS) is 10.7. The third-order valence-electron chi connectivity index (χ3n) is 2.32. The van der Waals surface area contributed by atoms with Gasteiger partial charge in [0, 0.05) is 28.2 Å². The van der Waals surface area contributed by atoms with Gasteiger partial charge < -0.3 is 5.32 Å². The molecule has 0 spiro atoms. The van der Waals surface area contributed by atoms with Gasteiger partial charge in [0.15, 0.2) is 0 Å². The number of benzene rings is 1. The minimum atomic E-state index is 0.794. The van der Waals surface area contributed by atoms with Crippen molar-refractivity contribution >= 4 is 22.9 Å². The van der Waals surface area contributed by atoms with Crippen molar-refractivity contribution in [3.8, 4) is 10.6 Å². The summed E-state index contributed by atoms with van der Waals surface area (Å²) in [5.74, 6) is 0. The molecule has 0 aliphatic rings. The monoisotopic (exact) mass is 252 g/mol. The molecule has 0 aliphatic heterocycles. The van der Waals surface area contributed by atoms with Crippen LogP contribution in [-0.4, -0.2) is 12.0 Å². The highest BCUT2D eigenvalue weighted by Crippen LogP contribution is 2.28. The highest BCUT2D eigenvalue weighted by molar-refractivity contribution is 7.15.